The lowest BCUT2D eigenvalue weighted by molar-refractivity contribution is -0.137. The molecule has 1 N–H and O–H groups in total. The summed E-state index contributed by atoms with van der Waals surface area (Å²) in [5.74, 6) is 1.17. The smallest absolute Gasteiger partial charge is 0.354 e. The Kier molecular flexibility index (Phi) is 7.90. The number of nitrogens with one attached hydrogen (secondary N) is 1. The Balaban J connectivity index is 2.32. The summed E-state index contributed by atoms with van der Waals surface area (Å²) in [6.07, 6.45) is 1.56. The standard InChI is InChI=1S/C19H17I2NO5/c1-11(23)22-17(19(24)26-3)10-12-8-15(20)18(16(21)9-12)27-14-6-4-13(25-2)5-7-14/h4-10H,1-3H3,(H,22,23)/b17-10+. The predicted molar refractivity (Wildman–Crippen MR) is 119 cm³/mol. The van der Waals surface area contributed by atoms with Gasteiger partial charge in [0.1, 0.15) is 17.2 Å². The summed E-state index contributed by atoms with van der Waals surface area (Å²) >= 11 is 4.33. The molecule has 6 nitrogen and oxygen atoms in total. The minimum absolute atomic E-state index is 0.0698. The van der Waals surface area contributed by atoms with Crippen molar-refractivity contribution in [3.8, 4) is 17.2 Å². The van der Waals surface area contributed by atoms with E-state index in [1.807, 2.05) is 36.4 Å². The van der Waals surface area contributed by atoms with Gasteiger partial charge in [0, 0.05) is 6.92 Å². The van der Waals surface area contributed by atoms with Crippen LogP contribution in [0.15, 0.2) is 42.1 Å². The second-order valence-electron chi connectivity index (χ2n) is 5.32. The number of carbonyl (C=O) groups excluding carboxylic acids is 2. The maximum atomic E-state index is 11.8. The van der Waals surface area contributed by atoms with Gasteiger partial charge in [-0.25, -0.2) is 4.79 Å². The molecule has 142 valence electrons. The van der Waals surface area contributed by atoms with Crippen molar-refractivity contribution >= 4 is 63.1 Å². The Labute approximate surface area is 184 Å². The largest absolute Gasteiger partial charge is 0.497 e. The van der Waals surface area contributed by atoms with E-state index in [1.165, 1.54) is 14.0 Å². The lowest BCUT2D eigenvalue weighted by atomic mass is 10.2. The molecule has 0 atom stereocenters. The maximum absolute atomic E-state index is 11.8. The molecule has 0 fully saturated rings. The van der Waals surface area contributed by atoms with Crippen LogP contribution in [0.5, 0.6) is 17.2 Å². The van der Waals surface area contributed by atoms with Gasteiger partial charge in [-0.1, -0.05) is 0 Å². The average molecular weight is 593 g/mol. The minimum Gasteiger partial charge on any atom is -0.497 e. The van der Waals surface area contributed by atoms with Gasteiger partial charge in [0.2, 0.25) is 5.91 Å². The molecule has 2 rings (SSSR count). The Morgan fingerprint density at radius 1 is 1.00 bits per heavy atom. The van der Waals surface area contributed by atoms with Gasteiger partial charge in [0.25, 0.3) is 0 Å². The van der Waals surface area contributed by atoms with E-state index >= 15 is 0 Å². The number of halogens is 2. The van der Waals surface area contributed by atoms with Crippen molar-refractivity contribution in [1.29, 1.82) is 0 Å². The third kappa shape index (κ3) is 6.09. The van der Waals surface area contributed by atoms with Gasteiger partial charge >= 0.3 is 5.97 Å². The monoisotopic (exact) mass is 593 g/mol. The molecule has 0 aromatic heterocycles. The normalized spacial score (nSPS) is 10.9. The van der Waals surface area contributed by atoms with Crippen molar-refractivity contribution in [3.63, 3.8) is 0 Å². The first-order chi connectivity index (χ1) is 12.8. The summed E-state index contributed by atoms with van der Waals surface area (Å²) in [5.41, 5.74) is 0.806. The van der Waals surface area contributed by atoms with E-state index in [0.29, 0.717) is 11.5 Å². The highest BCUT2D eigenvalue weighted by atomic mass is 127. The Hall–Kier alpha value is -1.82. The highest BCUT2D eigenvalue weighted by Gasteiger charge is 2.14. The van der Waals surface area contributed by atoms with Crippen LogP contribution in [0.25, 0.3) is 6.08 Å². The Morgan fingerprint density at radius 2 is 1.56 bits per heavy atom. The van der Waals surface area contributed by atoms with Crippen LogP contribution in [0, 0.1) is 7.14 Å². The molecule has 0 unspecified atom stereocenters. The second-order valence-corrected chi connectivity index (χ2v) is 7.65. The highest BCUT2D eigenvalue weighted by molar-refractivity contribution is 14.1. The van der Waals surface area contributed by atoms with E-state index in [9.17, 15) is 9.59 Å². The topological polar surface area (TPSA) is 73.9 Å². The van der Waals surface area contributed by atoms with E-state index < -0.39 is 5.97 Å². The third-order valence-corrected chi connectivity index (χ3v) is 4.93. The van der Waals surface area contributed by atoms with Gasteiger partial charge in [-0.2, -0.15) is 0 Å². The first-order valence-electron chi connectivity index (χ1n) is 7.72. The molecule has 0 saturated heterocycles. The fraction of sp³-hybridized carbons (Fsp3) is 0.158. The van der Waals surface area contributed by atoms with E-state index in [1.54, 1.807) is 13.2 Å². The molecule has 0 spiro atoms. The molecule has 2 aromatic rings. The number of ether oxygens (including phenoxy) is 3. The lowest BCUT2D eigenvalue weighted by Crippen LogP contribution is -2.25. The zero-order valence-electron chi connectivity index (χ0n) is 14.8. The lowest BCUT2D eigenvalue weighted by Gasteiger charge is -2.12. The molecule has 1 amide bonds. The van der Waals surface area contributed by atoms with Gasteiger partial charge in [-0.3, -0.25) is 4.79 Å². The first-order valence-corrected chi connectivity index (χ1v) is 9.88. The van der Waals surface area contributed by atoms with E-state index in [4.69, 9.17) is 14.2 Å². The Morgan fingerprint density at radius 3 is 2.04 bits per heavy atom. The highest BCUT2D eigenvalue weighted by Crippen LogP contribution is 2.34. The van der Waals surface area contributed by atoms with Gasteiger partial charge < -0.3 is 19.5 Å². The average Bonchev–Trinajstić information content (AvgIpc) is 2.63. The Bertz CT molecular complexity index is 855. The number of hydrogen-bond acceptors (Lipinski definition) is 5. The molecule has 0 aliphatic carbocycles. The van der Waals surface area contributed by atoms with Gasteiger partial charge in [0.15, 0.2) is 5.75 Å². The molecule has 0 bridgehead atoms. The van der Waals surface area contributed by atoms with Crippen LogP contribution in [0.1, 0.15) is 12.5 Å². The number of rotatable bonds is 6. The first kappa shape index (κ1) is 21.5. The summed E-state index contributed by atoms with van der Waals surface area (Å²) < 4.78 is 17.5. The summed E-state index contributed by atoms with van der Waals surface area (Å²) in [7, 11) is 2.87. The van der Waals surface area contributed by atoms with Crippen molar-refractivity contribution in [2.45, 2.75) is 6.92 Å². The van der Waals surface area contributed by atoms with Crippen molar-refractivity contribution in [3.05, 3.63) is 54.8 Å². The van der Waals surface area contributed by atoms with Crippen LogP contribution in [0.3, 0.4) is 0 Å². The van der Waals surface area contributed by atoms with Crippen LogP contribution in [-0.4, -0.2) is 26.1 Å². The van der Waals surface area contributed by atoms with Crippen LogP contribution >= 0.6 is 45.2 Å². The molecule has 2 aromatic carbocycles. The fourth-order valence-corrected chi connectivity index (χ4v) is 4.17. The molecule has 0 saturated carbocycles. The quantitative estimate of drug-likeness (QED) is 0.307. The molecule has 27 heavy (non-hydrogen) atoms. The van der Waals surface area contributed by atoms with Crippen molar-refractivity contribution in [1.82, 2.24) is 5.32 Å². The number of carbonyl (C=O) groups is 2. The predicted octanol–water partition coefficient (Wildman–Crippen LogP) is 4.35. The zero-order chi connectivity index (χ0) is 20.0. The number of esters is 1. The molecule has 0 aliphatic heterocycles. The fourth-order valence-electron chi connectivity index (χ4n) is 2.13. The van der Waals surface area contributed by atoms with Gasteiger partial charge in [-0.15, -0.1) is 0 Å². The third-order valence-electron chi connectivity index (χ3n) is 3.33. The number of hydrogen-bond donors (Lipinski definition) is 1. The van der Waals surface area contributed by atoms with Crippen LogP contribution in [0.2, 0.25) is 0 Å². The minimum atomic E-state index is -0.617. The summed E-state index contributed by atoms with van der Waals surface area (Å²) in [4.78, 5) is 23.1. The van der Waals surface area contributed by atoms with Gasteiger partial charge in [0.05, 0.1) is 21.4 Å². The van der Waals surface area contributed by atoms with E-state index in [2.05, 4.69) is 50.5 Å². The van der Waals surface area contributed by atoms with Crippen LogP contribution < -0.4 is 14.8 Å². The van der Waals surface area contributed by atoms with Crippen molar-refractivity contribution < 1.29 is 23.8 Å². The van der Waals surface area contributed by atoms with Gasteiger partial charge in [-0.05, 0) is 93.2 Å². The SMILES string of the molecule is COC(=O)/C(=C\c1cc(I)c(Oc2ccc(OC)cc2)c(I)c1)NC(C)=O. The van der Waals surface area contributed by atoms with Crippen molar-refractivity contribution in [2.75, 3.05) is 14.2 Å². The summed E-state index contributed by atoms with van der Waals surface area (Å²) in [5, 5.41) is 2.48. The maximum Gasteiger partial charge on any atom is 0.354 e. The summed E-state index contributed by atoms with van der Waals surface area (Å²) in [6, 6.07) is 11.0. The van der Waals surface area contributed by atoms with Crippen LogP contribution in [0.4, 0.5) is 0 Å². The van der Waals surface area contributed by atoms with Crippen LogP contribution in [-0.2, 0) is 14.3 Å². The molecule has 0 heterocycles. The summed E-state index contributed by atoms with van der Waals surface area (Å²) in [6.45, 7) is 1.33. The molecule has 0 aliphatic rings. The number of benzene rings is 2. The molecule has 8 heteroatoms. The molecular weight excluding hydrogens is 576 g/mol. The number of amides is 1. The second kappa shape index (κ2) is 9.93. The number of methoxy groups -OCH3 is 2. The molecule has 0 radical (unpaired) electrons. The molecular formula is C19H17I2NO5. The van der Waals surface area contributed by atoms with Crippen molar-refractivity contribution in [2.24, 2.45) is 0 Å². The zero-order valence-corrected chi connectivity index (χ0v) is 19.2. The van der Waals surface area contributed by atoms with E-state index in [-0.39, 0.29) is 11.6 Å². The van der Waals surface area contributed by atoms with E-state index in [0.717, 1.165) is 18.5 Å².